The molecule has 0 saturated heterocycles. The standard InChI is InChI=1S/C13H15ClN2O4/c1-2-20-13(17)8-15(9-3-4-9)12-6-5-10(16(18)19)7-11(12)14/h5-7,9H,2-4,8H2,1H3. The van der Waals surface area contributed by atoms with E-state index in [0.717, 1.165) is 12.8 Å². The first-order chi connectivity index (χ1) is 9.52. The fourth-order valence-electron chi connectivity index (χ4n) is 1.99. The number of hydrogen-bond acceptors (Lipinski definition) is 5. The number of halogens is 1. The Hall–Kier alpha value is -1.82. The average molecular weight is 299 g/mol. The van der Waals surface area contributed by atoms with Crippen LogP contribution < -0.4 is 4.90 Å². The molecule has 1 aromatic carbocycles. The molecule has 1 fully saturated rings. The average Bonchev–Trinajstić information content (AvgIpc) is 3.20. The topological polar surface area (TPSA) is 72.7 Å². The largest absolute Gasteiger partial charge is 0.465 e. The van der Waals surface area contributed by atoms with Crippen LogP contribution in [0.4, 0.5) is 11.4 Å². The van der Waals surface area contributed by atoms with Crippen molar-refractivity contribution in [1.82, 2.24) is 0 Å². The zero-order valence-corrected chi connectivity index (χ0v) is 11.8. The number of rotatable bonds is 6. The Bertz CT molecular complexity index is 531. The zero-order valence-electron chi connectivity index (χ0n) is 11.0. The summed E-state index contributed by atoms with van der Waals surface area (Å²) in [5.74, 6) is -0.325. The number of nitro benzene ring substituents is 1. The minimum atomic E-state index is -0.498. The van der Waals surface area contributed by atoms with Crippen LogP contribution in [0.15, 0.2) is 18.2 Å². The zero-order chi connectivity index (χ0) is 14.7. The number of ether oxygens (including phenoxy) is 1. The first-order valence-electron chi connectivity index (χ1n) is 6.39. The third-order valence-electron chi connectivity index (χ3n) is 3.04. The Balaban J connectivity index is 2.21. The van der Waals surface area contributed by atoms with Gasteiger partial charge < -0.3 is 9.64 Å². The summed E-state index contributed by atoms with van der Waals surface area (Å²) in [7, 11) is 0. The molecule has 1 aliphatic carbocycles. The lowest BCUT2D eigenvalue weighted by Gasteiger charge is -2.24. The van der Waals surface area contributed by atoms with Crippen molar-refractivity contribution in [3.63, 3.8) is 0 Å². The van der Waals surface area contributed by atoms with Crippen LogP contribution in [0.5, 0.6) is 0 Å². The van der Waals surface area contributed by atoms with Crippen molar-refractivity contribution in [1.29, 1.82) is 0 Å². The summed E-state index contributed by atoms with van der Waals surface area (Å²) in [4.78, 5) is 23.7. The third kappa shape index (κ3) is 3.39. The second-order valence-corrected chi connectivity index (χ2v) is 4.96. The molecular formula is C13H15ClN2O4. The molecule has 0 N–H and O–H groups in total. The lowest BCUT2D eigenvalue weighted by Crippen LogP contribution is -2.33. The maximum atomic E-state index is 11.6. The second kappa shape index (κ2) is 6.09. The number of nitro groups is 1. The number of nitrogens with zero attached hydrogens (tertiary/aromatic N) is 2. The number of esters is 1. The van der Waals surface area contributed by atoms with Crippen molar-refractivity contribution in [3.05, 3.63) is 33.3 Å². The highest BCUT2D eigenvalue weighted by Crippen LogP contribution is 2.37. The molecule has 0 atom stereocenters. The van der Waals surface area contributed by atoms with Crippen LogP contribution in [0.3, 0.4) is 0 Å². The van der Waals surface area contributed by atoms with Crippen molar-refractivity contribution >= 4 is 28.9 Å². The molecule has 0 heterocycles. The van der Waals surface area contributed by atoms with E-state index >= 15 is 0 Å². The molecule has 6 nitrogen and oxygen atoms in total. The van der Waals surface area contributed by atoms with Crippen molar-refractivity contribution in [3.8, 4) is 0 Å². The summed E-state index contributed by atoms with van der Waals surface area (Å²) >= 11 is 6.10. The van der Waals surface area contributed by atoms with Crippen molar-refractivity contribution in [2.24, 2.45) is 0 Å². The minimum Gasteiger partial charge on any atom is -0.465 e. The SMILES string of the molecule is CCOC(=O)CN(c1ccc([N+](=O)[O-])cc1Cl)C1CC1. The Morgan fingerprint density at radius 2 is 2.25 bits per heavy atom. The Kier molecular flexibility index (Phi) is 4.44. The van der Waals surface area contributed by atoms with Gasteiger partial charge in [-0.05, 0) is 25.8 Å². The first kappa shape index (κ1) is 14.6. The van der Waals surface area contributed by atoms with Gasteiger partial charge in [0.1, 0.15) is 6.54 Å². The maximum Gasteiger partial charge on any atom is 0.325 e. The van der Waals surface area contributed by atoms with Gasteiger partial charge in [0, 0.05) is 18.2 Å². The molecule has 20 heavy (non-hydrogen) atoms. The van der Waals surface area contributed by atoms with Gasteiger partial charge >= 0.3 is 5.97 Å². The van der Waals surface area contributed by atoms with Gasteiger partial charge in [-0.25, -0.2) is 0 Å². The summed E-state index contributed by atoms with van der Waals surface area (Å²) in [6, 6.07) is 4.52. The van der Waals surface area contributed by atoms with Crippen LogP contribution in [0, 0.1) is 10.1 Å². The van der Waals surface area contributed by atoms with Crippen LogP contribution in [-0.4, -0.2) is 30.1 Å². The highest BCUT2D eigenvalue weighted by molar-refractivity contribution is 6.33. The molecule has 0 amide bonds. The quantitative estimate of drug-likeness (QED) is 0.459. The van der Waals surface area contributed by atoms with Gasteiger partial charge in [0.25, 0.3) is 5.69 Å². The summed E-state index contributed by atoms with van der Waals surface area (Å²) in [6.45, 7) is 2.18. The highest BCUT2D eigenvalue weighted by Gasteiger charge is 2.32. The Morgan fingerprint density at radius 3 is 2.75 bits per heavy atom. The summed E-state index contributed by atoms with van der Waals surface area (Å²) in [5, 5.41) is 11.0. The molecule has 0 radical (unpaired) electrons. The second-order valence-electron chi connectivity index (χ2n) is 4.56. The van der Waals surface area contributed by atoms with Gasteiger partial charge in [0.15, 0.2) is 0 Å². The predicted molar refractivity (Wildman–Crippen MR) is 75.1 cm³/mol. The Labute approximate surface area is 121 Å². The van der Waals surface area contributed by atoms with Gasteiger partial charge in [-0.3, -0.25) is 14.9 Å². The third-order valence-corrected chi connectivity index (χ3v) is 3.35. The van der Waals surface area contributed by atoms with Gasteiger partial charge in [-0.2, -0.15) is 0 Å². The molecule has 1 saturated carbocycles. The molecule has 0 aromatic heterocycles. The van der Waals surface area contributed by atoms with Gasteiger partial charge in [-0.1, -0.05) is 11.6 Å². The first-order valence-corrected chi connectivity index (χ1v) is 6.77. The van der Waals surface area contributed by atoms with Gasteiger partial charge in [0.05, 0.1) is 22.2 Å². The molecule has 1 aromatic rings. The van der Waals surface area contributed by atoms with E-state index in [9.17, 15) is 14.9 Å². The van der Waals surface area contributed by atoms with Crippen molar-refractivity contribution in [2.75, 3.05) is 18.1 Å². The molecule has 1 aliphatic rings. The van der Waals surface area contributed by atoms with Gasteiger partial charge in [-0.15, -0.1) is 0 Å². The van der Waals surface area contributed by atoms with E-state index in [-0.39, 0.29) is 29.3 Å². The molecule has 0 bridgehead atoms. The number of hydrogen-bond donors (Lipinski definition) is 0. The number of benzene rings is 1. The van der Waals surface area contributed by atoms with E-state index in [1.54, 1.807) is 13.0 Å². The van der Waals surface area contributed by atoms with E-state index in [4.69, 9.17) is 16.3 Å². The monoisotopic (exact) mass is 298 g/mol. The van der Waals surface area contributed by atoms with E-state index in [0.29, 0.717) is 12.3 Å². The predicted octanol–water partition coefficient (Wildman–Crippen LogP) is 2.78. The van der Waals surface area contributed by atoms with Crippen LogP contribution >= 0.6 is 11.6 Å². The molecular weight excluding hydrogens is 284 g/mol. The van der Waals surface area contributed by atoms with E-state index in [2.05, 4.69) is 0 Å². The van der Waals surface area contributed by atoms with Gasteiger partial charge in [0.2, 0.25) is 0 Å². The Morgan fingerprint density at radius 1 is 1.55 bits per heavy atom. The smallest absolute Gasteiger partial charge is 0.325 e. The summed E-state index contributed by atoms with van der Waals surface area (Å²) in [5.41, 5.74) is 0.568. The lowest BCUT2D eigenvalue weighted by molar-refractivity contribution is -0.384. The van der Waals surface area contributed by atoms with Crippen LogP contribution in [0.2, 0.25) is 5.02 Å². The minimum absolute atomic E-state index is 0.0642. The molecule has 0 aliphatic heterocycles. The fourth-order valence-corrected chi connectivity index (χ4v) is 2.27. The number of carbonyl (C=O) groups is 1. The molecule has 0 spiro atoms. The summed E-state index contributed by atoms with van der Waals surface area (Å²) in [6.07, 6.45) is 1.96. The lowest BCUT2D eigenvalue weighted by atomic mass is 10.2. The number of carbonyl (C=O) groups excluding carboxylic acids is 1. The van der Waals surface area contributed by atoms with E-state index in [1.165, 1.54) is 12.1 Å². The number of anilines is 1. The highest BCUT2D eigenvalue weighted by atomic mass is 35.5. The molecule has 108 valence electrons. The molecule has 0 unspecified atom stereocenters. The van der Waals surface area contributed by atoms with Crippen LogP contribution in [0.1, 0.15) is 19.8 Å². The van der Waals surface area contributed by atoms with Crippen LogP contribution in [-0.2, 0) is 9.53 Å². The normalized spacial score (nSPS) is 13.9. The maximum absolute atomic E-state index is 11.6. The summed E-state index contributed by atoms with van der Waals surface area (Å²) < 4.78 is 4.94. The van der Waals surface area contributed by atoms with Crippen molar-refractivity contribution < 1.29 is 14.5 Å². The molecule has 7 heteroatoms. The van der Waals surface area contributed by atoms with Crippen LogP contribution in [0.25, 0.3) is 0 Å². The van der Waals surface area contributed by atoms with Crippen molar-refractivity contribution in [2.45, 2.75) is 25.8 Å². The fraction of sp³-hybridized carbons (Fsp3) is 0.462. The van der Waals surface area contributed by atoms with E-state index < -0.39 is 4.92 Å². The van der Waals surface area contributed by atoms with E-state index in [1.807, 2.05) is 4.90 Å². The number of non-ortho nitro benzene ring substituents is 1. The molecule has 2 rings (SSSR count).